The summed E-state index contributed by atoms with van der Waals surface area (Å²) >= 11 is 0. The van der Waals surface area contributed by atoms with Gasteiger partial charge in [-0.25, -0.2) is 4.79 Å². The molecule has 0 fully saturated rings. The largest absolute Gasteiger partial charge is 0.480 e. The number of aliphatic carboxylic acids is 1. The molecule has 0 aromatic heterocycles. The van der Waals surface area contributed by atoms with Crippen LogP contribution in [-0.4, -0.2) is 36.6 Å². The summed E-state index contributed by atoms with van der Waals surface area (Å²) in [6.07, 6.45) is 0. The van der Waals surface area contributed by atoms with E-state index in [1.807, 2.05) is 44.2 Å². The summed E-state index contributed by atoms with van der Waals surface area (Å²) in [5, 5.41) is 14.0. The van der Waals surface area contributed by atoms with E-state index in [9.17, 15) is 9.59 Å². The molecule has 0 heterocycles. The summed E-state index contributed by atoms with van der Waals surface area (Å²) in [5.74, 6) is -1.71. The Morgan fingerprint density at radius 2 is 1.84 bits per heavy atom. The van der Waals surface area contributed by atoms with Crippen LogP contribution >= 0.6 is 0 Å². The van der Waals surface area contributed by atoms with Crippen LogP contribution in [0.5, 0.6) is 0 Å². The van der Waals surface area contributed by atoms with Gasteiger partial charge in [0.1, 0.15) is 0 Å². The average Bonchev–Trinajstić information content (AvgIpc) is 2.38. The van der Waals surface area contributed by atoms with Crippen LogP contribution in [0.3, 0.4) is 0 Å². The van der Waals surface area contributed by atoms with Gasteiger partial charge in [0.05, 0.1) is 0 Å². The summed E-state index contributed by atoms with van der Waals surface area (Å²) in [6, 6.07) is 8.56. The van der Waals surface area contributed by atoms with E-state index in [-0.39, 0.29) is 5.41 Å². The number of rotatable bonds is 6. The van der Waals surface area contributed by atoms with Gasteiger partial charge in [-0.05, 0) is 12.6 Å². The van der Waals surface area contributed by atoms with Gasteiger partial charge in [-0.3, -0.25) is 10.1 Å². The first-order valence-electron chi connectivity index (χ1n) is 6.12. The topological polar surface area (TPSA) is 78.4 Å². The minimum Gasteiger partial charge on any atom is -0.480 e. The van der Waals surface area contributed by atoms with Crippen LogP contribution in [0.1, 0.15) is 19.4 Å². The zero-order valence-corrected chi connectivity index (χ0v) is 11.4. The van der Waals surface area contributed by atoms with E-state index in [1.165, 1.54) is 7.05 Å². The lowest BCUT2D eigenvalue weighted by molar-refractivity contribution is -0.143. The minimum atomic E-state index is -1.22. The highest BCUT2D eigenvalue weighted by Crippen LogP contribution is 2.21. The van der Waals surface area contributed by atoms with Crippen molar-refractivity contribution in [2.45, 2.75) is 25.3 Å². The van der Waals surface area contributed by atoms with Crippen LogP contribution in [0.2, 0.25) is 0 Å². The molecule has 0 spiro atoms. The monoisotopic (exact) mass is 264 g/mol. The quantitative estimate of drug-likeness (QED) is 0.663. The third kappa shape index (κ3) is 4.06. The van der Waals surface area contributed by atoms with Crippen molar-refractivity contribution in [2.24, 2.45) is 0 Å². The molecule has 3 N–H and O–H groups in total. The van der Waals surface area contributed by atoms with Crippen molar-refractivity contribution in [3.05, 3.63) is 35.9 Å². The van der Waals surface area contributed by atoms with Crippen molar-refractivity contribution in [3.63, 3.8) is 0 Å². The molecule has 1 aromatic carbocycles. The Morgan fingerprint density at radius 3 is 2.32 bits per heavy atom. The predicted octanol–water partition coefficient (Wildman–Crippen LogP) is 0.753. The maximum Gasteiger partial charge on any atom is 0.330 e. The van der Waals surface area contributed by atoms with Crippen LogP contribution in [0.4, 0.5) is 0 Å². The average molecular weight is 264 g/mol. The fourth-order valence-corrected chi connectivity index (χ4v) is 1.77. The van der Waals surface area contributed by atoms with Crippen molar-refractivity contribution < 1.29 is 14.7 Å². The number of likely N-dealkylation sites (N-methyl/N-ethyl adjacent to an activating group) is 1. The van der Waals surface area contributed by atoms with Crippen molar-refractivity contribution in [1.29, 1.82) is 0 Å². The maximum absolute atomic E-state index is 11.7. The second-order valence-electron chi connectivity index (χ2n) is 5.03. The van der Waals surface area contributed by atoms with Gasteiger partial charge in [-0.2, -0.15) is 0 Å². The minimum absolute atomic E-state index is 0.256. The summed E-state index contributed by atoms with van der Waals surface area (Å²) in [5.41, 5.74) is 0.833. The second kappa shape index (κ2) is 6.33. The first-order chi connectivity index (χ1) is 8.88. The maximum atomic E-state index is 11.7. The molecule has 0 aliphatic rings. The zero-order chi connectivity index (χ0) is 14.5. The molecule has 0 saturated heterocycles. The fourth-order valence-electron chi connectivity index (χ4n) is 1.77. The van der Waals surface area contributed by atoms with Gasteiger partial charge in [0.25, 0.3) is 0 Å². The van der Waals surface area contributed by atoms with Gasteiger partial charge in [-0.1, -0.05) is 44.2 Å². The summed E-state index contributed by atoms with van der Waals surface area (Å²) in [6.45, 7) is 4.37. The number of carbonyl (C=O) groups is 2. The van der Waals surface area contributed by atoms with Crippen molar-refractivity contribution in [1.82, 2.24) is 10.6 Å². The Morgan fingerprint density at radius 1 is 1.26 bits per heavy atom. The van der Waals surface area contributed by atoms with E-state index in [2.05, 4.69) is 10.6 Å². The summed E-state index contributed by atoms with van der Waals surface area (Å²) < 4.78 is 0. The Hall–Kier alpha value is -1.88. The standard InChI is InChI=1S/C14H20N2O3/c1-14(2,10-7-5-4-6-8-10)9-16-12(17)11(15-3)13(18)19/h4-8,11,15H,9H2,1-3H3,(H,16,17)(H,18,19). The predicted molar refractivity (Wildman–Crippen MR) is 73.0 cm³/mol. The van der Waals surface area contributed by atoms with Gasteiger partial charge in [0, 0.05) is 12.0 Å². The molecule has 0 aliphatic carbocycles. The van der Waals surface area contributed by atoms with Crippen LogP contribution in [0.15, 0.2) is 30.3 Å². The molecule has 1 aromatic rings. The third-order valence-corrected chi connectivity index (χ3v) is 3.06. The molecule has 0 saturated carbocycles. The number of hydrogen-bond acceptors (Lipinski definition) is 3. The number of hydrogen-bond donors (Lipinski definition) is 3. The molecule has 1 unspecified atom stereocenters. The lowest BCUT2D eigenvalue weighted by atomic mass is 9.84. The van der Waals surface area contributed by atoms with E-state index in [0.29, 0.717) is 6.54 Å². The highest BCUT2D eigenvalue weighted by Gasteiger charge is 2.27. The number of benzene rings is 1. The highest BCUT2D eigenvalue weighted by molar-refractivity contribution is 6.01. The van der Waals surface area contributed by atoms with Crippen LogP contribution < -0.4 is 10.6 Å². The number of carboxylic acids is 1. The SMILES string of the molecule is CNC(C(=O)O)C(=O)NCC(C)(C)c1ccccc1. The van der Waals surface area contributed by atoms with Crippen LogP contribution in [0, 0.1) is 0 Å². The molecule has 0 bridgehead atoms. The van der Waals surface area contributed by atoms with Gasteiger partial charge in [0.2, 0.25) is 5.91 Å². The van der Waals surface area contributed by atoms with E-state index in [4.69, 9.17) is 5.11 Å². The molecular weight excluding hydrogens is 244 g/mol. The van der Waals surface area contributed by atoms with Crippen LogP contribution in [0.25, 0.3) is 0 Å². The zero-order valence-electron chi connectivity index (χ0n) is 11.4. The Kier molecular flexibility index (Phi) is 5.06. The van der Waals surface area contributed by atoms with Crippen molar-refractivity contribution >= 4 is 11.9 Å². The van der Waals surface area contributed by atoms with Gasteiger partial charge >= 0.3 is 5.97 Å². The number of carbonyl (C=O) groups excluding carboxylic acids is 1. The van der Waals surface area contributed by atoms with E-state index in [1.54, 1.807) is 0 Å². The second-order valence-corrected chi connectivity index (χ2v) is 5.03. The van der Waals surface area contributed by atoms with Crippen LogP contribution in [-0.2, 0) is 15.0 Å². The lowest BCUT2D eigenvalue weighted by Gasteiger charge is -2.26. The fraction of sp³-hybridized carbons (Fsp3) is 0.429. The molecule has 0 radical (unpaired) electrons. The number of amides is 1. The first-order valence-corrected chi connectivity index (χ1v) is 6.12. The third-order valence-electron chi connectivity index (χ3n) is 3.06. The van der Waals surface area contributed by atoms with Gasteiger partial charge < -0.3 is 10.4 Å². The Balaban J connectivity index is 2.66. The van der Waals surface area contributed by atoms with Crippen molar-refractivity contribution in [2.75, 3.05) is 13.6 Å². The molecule has 0 aliphatic heterocycles. The van der Waals surface area contributed by atoms with Gasteiger partial charge in [0.15, 0.2) is 6.04 Å². The van der Waals surface area contributed by atoms with Gasteiger partial charge in [-0.15, -0.1) is 0 Å². The molecule has 1 rings (SSSR count). The van der Waals surface area contributed by atoms with E-state index >= 15 is 0 Å². The smallest absolute Gasteiger partial charge is 0.330 e. The lowest BCUT2D eigenvalue weighted by Crippen LogP contribution is -2.50. The summed E-state index contributed by atoms with van der Waals surface area (Å²) in [4.78, 5) is 22.6. The molecule has 5 heteroatoms. The highest BCUT2D eigenvalue weighted by atomic mass is 16.4. The molecule has 5 nitrogen and oxygen atoms in total. The summed E-state index contributed by atoms with van der Waals surface area (Å²) in [7, 11) is 1.45. The molecule has 1 amide bonds. The molecular formula is C14H20N2O3. The number of carboxylic acid groups (broad SMARTS) is 1. The Labute approximate surface area is 113 Å². The molecule has 1 atom stereocenters. The number of nitrogens with one attached hydrogen (secondary N) is 2. The van der Waals surface area contributed by atoms with E-state index < -0.39 is 17.9 Å². The Bertz CT molecular complexity index is 443. The normalized spacial score (nSPS) is 12.8. The molecule has 19 heavy (non-hydrogen) atoms. The van der Waals surface area contributed by atoms with Crippen molar-refractivity contribution in [3.8, 4) is 0 Å². The molecule has 104 valence electrons. The van der Waals surface area contributed by atoms with E-state index in [0.717, 1.165) is 5.56 Å². The first kappa shape index (κ1) is 15.2.